The molecule has 3 rings (SSSR count). The molecule has 2 aromatic heterocycles. The Morgan fingerprint density at radius 2 is 1.86 bits per heavy atom. The molecule has 0 aliphatic heterocycles. The number of fused-ring (bicyclic) bond motifs is 1. The number of likely N-dealkylation sites (N-methyl/N-ethyl adjacent to an activating group) is 1. The second-order valence-corrected chi connectivity index (χ2v) is 7.71. The molecule has 156 valence electrons. The van der Waals surface area contributed by atoms with Crippen LogP contribution in [-0.4, -0.2) is 51.8 Å². The number of benzene rings is 1. The van der Waals surface area contributed by atoms with E-state index in [0.717, 1.165) is 36.2 Å². The highest BCUT2D eigenvalue weighted by atomic mass is 32.1. The summed E-state index contributed by atoms with van der Waals surface area (Å²) in [4.78, 5) is 21.5. The van der Waals surface area contributed by atoms with Crippen molar-refractivity contribution in [2.24, 2.45) is 0 Å². The van der Waals surface area contributed by atoms with E-state index in [1.165, 1.54) is 6.07 Å². The lowest BCUT2D eigenvalue weighted by atomic mass is 10.3. The Morgan fingerprint density at radius 1 is 1.14 bits per heavy atom. The molecule has 0 saturated carbocycles. The van der Waals surface area contributed by atoms with E-state index in [2.05, 4.69) is 28.8 Å². The van der Waals surface area contributed by atoms with Gasteiger partial charge < -0.3 is 4.90 Å². The van der Waals surface area contributed by atoms with Crippen molar-refractivity contribution in [2.75, 3.05) is 31.1 Å². The predicted molar refractivity (Wildman–Crippen MR) is 112 cm³/mol. The Morgan fingerprint density at radius 3 is 2.52 bits per heavy atom. The fourth-order valence-electron chi connectivity index (χ4n) is 3.22. The van der Waals surface area contributed by atoms with Gasteiger partial charge in [0.25, 0.3) is 5.91 Å². The second kappa shape index (κ2) is 8.96. The number of carbonyl (C=O) groups is 1. The third-order valence-corrected chi connectivity index (χ3v) is 5.86. The fraction of sp³-hybridized carbons (Fsp3) is 0.450. The molecule has 29 heavy (non-hydrogen) atoms. The van der Waals surface area contributed by atoms with Gasteiger partial charge in [0.15, 0.2) is 10.9 Å². The topological polar surface area (TPSA) is 54.3 Å². The number of nitrogens with zero attached hydrogens (tertiary/aromatic N) is 5. The Labute approximate surface area is 172 Å². The van der Waals surface area contributed by atoms with Gasteiger partial charge in [-0.25, -0.2) is 13.8 Å². The van der Waals surface area contributed by atoms with Gasteiger partial charge in [-0.1, -0.05) is 25.2 Å². The molecule has 0 bridgehead atoms. The van der Waals surface area contributed by atoms with E-state index < -0.39 is 11.6 Å². The summed E-state index contributed by atoms with van der Waals surface area (Å²) in [6.45, 7) is 11.1. The average Bonchev–Trinajstić information content (AvgIpc) is 3.28. The number of rotatable bonds is 8. The molecule has 0 N–H and O–H groups in total. The highest BCUT2D eigenvalue weighted by molar-refractivity contribution is 7.22. The first kappa shape index (κ1) is 21.3. The van der Waals surface area contributed by atoms with Crippen LogP contribution in [0.2, 0.25) is 0 Å². The number of aryl methyl sites for hydroxylation is 2. The van der Waals surface area contributed by atoms with Crippen molar-refractivity contribution in [3.05, 3.63) is 41.2 Å². The van der Waals surface area contributed by atoms with Crippen LogP contribution in [0.15, 0.2) is 18.2 Å². The number of anilines is 1. The van der Waals surface area contributed by atoms with E-state index in [4.69, 9.17) is 0 Å². The molecular formula is C20H25F2N5OS. The summed E-state index contributed by atoms with van der Waals surface area (Å²) in [6.07, 6.45) is 0. The van der Waals surface area contributed by atoms with Gasteiger partial charge in [-0.15, -0.1) is 0 Å². The molecule has 6 nitrogen and oxygen atoms in total. The Hall–Kier alpha value is -2.39. The van der Waals surface area contributed by atoms with E-state index in [1.54, 1.807) is 15.6 Å². The van der Waals surface area contributed by atoms with Gasteiger partial charge in [-0.05, 0) is 39.1 Å². The molecule has 9 heteroatoms. The highest BCUT2D eigenvalue weighted by Gasteiger charge is 2.25. The summed E-state index contributed by atoms with van der Waals surface area (Å²) < 4.78 is 29.8. The molecule has 1 aromatic carbocycles. The van der Waals surface area contributed by atoms with Gasteiger partial charge in [0.05, 0.1) is 10.4 Å². The van der Waals surface area contributed by atoms with Crippen molar-refractivity contribution in [3.63, 3.8) is 0 Å². The minimum atomic E-state index is -0.729. The summed E-state index contributed by atoms with van der Waals surface area (Å²) in [6, 6.07) is 3.79. The normalized spacial score (nSPS) is 11.6. The maximum absolute atomic E-state index is 14.2. The van der Waals surface area contributed by atoms with Crippen molar-refractivity contribution in [1.29, 1.82) is 0 Å². The minimum Gasteiger partial charge on any atom is -0.302 e. The zero-order valence-electron chi connectivity index (χ0n) is 17.1. The molecule has 2 heterocycles. The number of carbonyl (C=O) groups excluding carboxylic acids is 1. The summed E-state index contributed by atoms with van der Waals surface area (Å²) in [5, 5.41) is 4.70. The van der Waals surface area contributed by atoms with Crippen LogP contribution in [0.1, 0.15) is 37.0 Å². The van der Waals surface area contributed by atoms with Gasteiger partial charge in [-0.2, -0.15) is 5.10 Å². The minimum absolute atomic E-state index is 0.0761. The number of hydrogen-bond acceptors (Lipinski definition) is 5. The molecular weight excluding hydrogens is 396 g/mol. The first-order valence-electron chi connectivity index (χ1n) is 9.72. The lowest BCUT2D eigenvalue weighted by Crippen LogP contribution is -2.39. The maximum atomic E-state index is 14.2. The molecule has 0 saturated heterocycles. The number of hydrogen-bond donors (Lipinski definition) is 0. The highest BCUT2D eigenvalue weighted by Crippen LogP contribution is 2.32. The van der Waals surface area contributed by atoms with E-state index in [0.29, 0.717) is 35.2 Å². The van der Waals surface area contributed by atoms with Crippen LogP contribution >= 0.6 is 11.3 Å². The van der Waals surface area contributed by atoms with Gasteiger partial charge in [-0.3, -0.25) is 14.4 Å². The van der Waals surface area contributed by atoms with Crippen LogP contribution in [0.4, 0.5) is 13.9 Å². The Bertz CT molecular complexity index is 1010. The van der Waals surface area contributed by atoms with Crippen LogP contribution < -0.4 is 4.90 Å². The van der Waals surface area contributed by atoms with Crippen LogP contribution in [0.5, 0.6) is 0 Å². The van der Waals surface area contributed by atoms with Crippen molar-refractivity contribution in [3.8, 4) is 0 Å². The van der Waals surface area contributed by atoms with Gasteiger partial charge in [0.1, 0.15) is 17.0 Å². The molecule has 0 aliphatic rings. The molecule has 0 fully saturated rings. The fourth-order valence-corrected chi connectivity index (χ4v) is 4.25. The van der Waals surface area contributed by atoms with Gasteiger partial charge in [0, 0.05) is 25.7 Å². The zero-order chi connectivity index (χ0) is 21.1. The van der Waals surface area contributed by atoms with Crippen LogP contribution in [0.3, 0.4) is 0 Å². The standard InChI is InChI=1S/C20H25F2N5OS/c1-5-25(6-2)8-9-26(19(28)16-10-13(4)24-27(16)7-3)20-23-18-15(22)11-14(21)12-17(18)29-20/h10-12H,5-9H2,1-4H3. The Kier molecular flexibility index (Phi) is 6.59. The molecule has 0 radical (unpaired) electrons. The summed E-state index contributed by atoms with van der Waals surface area (Å²) in [5.74, 6) is -1.64. The lowest BCUT2D eigenvalue weighted by Gasteiger charge is -2.24. The van der Waals surface area contributed by atoms with Gasteiger partial charge in [0.2, 0.25) is 0 Å². The van der Waals surface area contributed by atoms with Crippen molar-refractivity contribution >= 4 is 32.6 Å². The second-order valence-electron chi connectivity index (χ2n) is 6.70. The summed E-state index contributed by atoms with van der Waals surface area (Å²) in [5.41, 5.74) is 1.28. The number of amides is 1. The molecule has 1 amide bonds. The van der Waals surface area contributed by atoms with Crippen LogP contribution in [0.25, 0.3) is 10.2 Å². The molecule has 0 atom stereocenters. The number of aromatic nitrogens is 3. The zero-order valence-corrected chi connectivity index (χ0v) is 17.9. The van der Waals surface area contributed by atoms with Crippen molar-refractivity contribution < 1.29 is 13.6 Å². The SMILES string of the molecule is CCN(CC)CCN(C(=O)c1cc(C)nn1CC)c1nc2c(F)cc(F)cc2s1. The van der Waals surface area contributed by atoms with E-state index in [1.807, 2.05) is 13.8 Å². The van der Waals surface area contributed by atoms with Crippen molar-refractivity contribution in [2.45, 2.75) is 34.2 Å². The molecule has 0 unspecified atom stereocenters. The van der Waals surface area contributed by atoms with E-state index >= 15 is 0 Å². The maximum Gasteiger partial charge on any atom is 0.278 e. The largest absolute Gasteiger partial charge is 0.302 e. The van der Waals surface area contributed by atoms with Crippen molar-refractivity contribution in [1.82, 2.24) is 19.7 Å². The average molecular weight is 422 g/mol. The number of halogens is 2. The molecule has 0 aliphatic carbocycles. The molecule has 0 spiro atoms. The smallest absolute Gasteiger partial charge is 0.278 e. The quantitative estimate of drug-likeness (QED) is 0.550. The summed E-state index contributed by atoms with van der Waals surface area (Å²) >= 11 is 1.11. The first-order valence-corrected chi connectivity index (χ1v) is 10.5. The number of thiazole rings is 1. The Balaban J connectivity index is 2.03. The van der Waals surface area contributed by atoms with E-state index in [9.17, 15) is 13.6 Å². The molecule has 3 aromatic rings. The van der Waals surface area contributed by atoms with E-state index in [-0.39, 0.29) is 11.4 Å². The first-order chi connectivity index (χ1) is 13.9. The van der Waals surface area contributed by atoms with Crippen LogP contribution in [0, 0.1) is 18.6 Å². The monoisotopic (exact) mass is 421 g/mol. The summed E-state index contributed by atoms with van der Waals surface area (Å²) in [7, 11) is 0. The van der Waals surface area contributed by atoms with Crippen LogP contribution in [-0.2, 0) is 6.54 Å². The van der Waals surface area contributed by atoms with Gasteiger partial charge >= 0.3 is 0 Å². The third-order valence-electron chi connectivity index (χ3n) is 4.83. The predicted octanol–water partition coefficient (Wildman–Crippen LogP) is 4.09. The lowest BCUT2D eigenvalue weighted by molar-refractivity contribution is 0.0973. The third kappa shape index (κ3) is 4.45.